The van der Waals surface area contributed by atoms with Gasteiger partial charge in [-0.1, -0.05) is 0 Å². The average molecular weight is 239 g/mol. The predicted molar refractivity (Wildman–Crippen MR) is 56.1 cm³/mol. The van der Waals surface area contributed by atoms with Gasteiger partial charge in [-0.2, -0.15) is 0 Å². The lowest BCUT2D eigenvalue weighted by atomic mass is 10.1. The third-order valence-electron chi connectivity index (χ3n) is 2.85. The highest BCUT2D eigenvalue weighted by Crippen LogP contribution is 2.23. The molecule has 0 aromatic carbocycles. The summed E-state index contributed by atoms with van der Waals surface area (Å²) in [4.78, 5) is 34.7. The third kappa shape index (κ3) is 1.89. The zero-order valence-electron chi connectivity index (χ0n) is 9.13. The molecule has 3 N–H and O–H groups in total. The van der Waals surface area contributed by atoms with Crippen LogP contribution in [0.3, 0.4) is 0 Å². The van der Waals surface area contributed by atoms with Gasteiger partial charge < -0.3 is 10.8 Å². The number of hydrogen-bond donors (Lipinski definition) is 2. The number of carboxylic acids is 1. The first kappa shape index (κ1) is 11.6. The van der Waals surface area contributed by atoms with Gasteiger partial charge in [0.1, 0.15) is 5.70 Å². The summed E-state index contributed by atoms with van der Waals surface area (Å²) < 4.78 is 0. The fraction of sp³-hybridized carbons (Fsp3) is 0.500. The minimum atomic E-state index is -1.23. The molecule has 0 unspecified atom stereocenters. The van der Waals surface area contributed by atoms with E-state index in [1.165, 1.54) is 11.1 Å². The standard InChI is InChI=1S/C10H13N3O4/c11-6-3-4-8(14)12-5-1-2-7(10(16)17)13(12)9(6)15/h2,6H,1,3-5,11H2,(H,16,17)/t6-/m0/s1. The number of rotatable bonds is 1. The molecule has 1 atom stereocenters. The number of hydrogen-bond acceptors (Lipinski definition) is 4. The second-order valence-electron chi connectivity index (χ2n) is 4.00. The first-order valence-electron chi connectivity index (χ1n) is 5.35. The summed E-state index contributed by atoms with van der Waals surface area (Å²) in [5.41, 5.74) is 5.43. The van der Waals surface area contributed by atoms with Crippen LogP contribution in [0.2, 0.25) is 0 Å². The van der Waals surface area contributed by atoms with E-state index in [2.05, 4.69) is 0 Å². The average Bonchev–Trinajstić information content (AvgIpc) is 2.42. The highest BCUT2D eigenvalue weighted by atomic mass is 16.4. The van der Waals surface area contributed by atoms with Crippen LogP contribution in [0.4, 0.5) is 0 Å². The number of carbonyl (C=O) groups excluding carboxylic acids is 2. The molecule has 0 aromatic rings. The number of aliphatic carboxylic acids is 1. The Hall–Kier alpha value is -1.89. The number of amides is 2. The topological polar surface area (TPSA) is 104 Å². The van der Waals surface area contributed by atoms with Crippen LogP contribution in [0.1, 0.15) is 19.3 Å². The van der Waals surface area contributed by atoms with Crippen molar-refractivity contribution < 1.29 is 19.5 Å². The van der Waals surface area contributed by atoms with Crippen molar-refractivity contribution in [2.45, 2.75) is 25.3 Å². The maximum absolute atomic E-state index is 11.9. The molecular formula is C10H13N3O4. The number of carboxylic acid groups (broad SMARTS) is 1. The summed E-state index contributed by atoms with van der Waals surface area (Å²) in [6.07, 6.45) is 2.27. The molecular weight excluding hydrogens is 226 g/mol. The summed E-state index contributed by atoms with van der Waals surface area (Å²) in [5, 5.41) is 11.1. The van der Waals surface area contributed by atoms with E-state index < -0.39 is 17.9 Å². The molecule has 0 spiro atoms. The summed E-state index contributed by atoms with van der Waals surface area (Å²) >= 11 is 0. The molecule has 2 rings (SSSR count). The van der Waals surface area contributed by atoms with Crippen molar-refractivity contribution in [3.63, 3.8) is 0 Å². The minimum Gasteiger partial charge on any atom is -0.477 e. The molecule has 17 heavy (non-hydrogen) atoms. The third-order valence-corrected chi connectivity index (χ3v) is 2.85. The molecule has 0 radical (unpaired) electrons. The molecule has 0 aliphatic carbocycles. The Labute approximate surface area is 97.4 Å². The summed E-state index contributed by atoms with van der Waals surface area (Å²) in [6.45, 7) is 0.314. The van der Waals surface area contributed by atoms with Crippen molar-refractivity contribution in [1.29, 1.82) is 0 Å². The SMILES string of the molecule is N[C@H]1CCC(=O)N2CCC=C(C(=O)O)N2C1=O. The number of fused-ring (bicyclic) bond motifs is 1. The van der Waals surface area contributed by atoms with Gasteiger partial charge in [0.15, 0.2) is 0 Å². The van der Waals surface area contributed by atoms with E-state index in [9.17, 15) is 14.4 Å². The van der Waals surface area contributed by atoms with Crippen molar-refractivity contribution >= 4 is 17.8 Å². The maximum Gasteiger partial charge on any atom is 0.354 e. The summed E-state index contributed by atoms with van der Waals surface area (Å²) in [5.74, 6) is -2.03. The van der Waals surface area contributed by atoms with Gasteiger partial charge in [-0.3, -0.25) is 9.59 Å². The van der Waals surface area contributed by atoms with E-state index in [1.807, 2.05) is 0 Å². The van der Waals surface area contributed by atoms with E-state index in [1.54, 1.807) is 0 Å². The fourth-order valence-electron chi connectivity index (χ4n) is 1.98. The van der Waals surface area contributed by atoms with Crippen LogP contribution in [0.25, 0.3) is 0 Å². The molecule has 2 aliphatic rings. The number of carbonyl (C=O) groups is 3. The van der Waals surface area contributed by atoms with Crippen molar-refractivity contribution in [1.82, 2.24) is 10.0 Å². The first-order valence-corrected chi connectivity index (χ1v) is 5.35. The molecule has 7 nitrogen and oxygen atoms in total. The predicted octanol–water partition coefficient (Wildman–Crippen LogP) is -0.948. The lowest BCUT2D eigenvalue weighted by molar-refractivity contribution is -0.162. The Morgan fingerprint density at radius 1 is 1.47 bits per heavy atom. The first-order chi connectivity index (χ1) is 8.02. The van der Waals surface area contributed by atoms with E-state index in [4.69, 9.17) is 10.8 Å². The van der Waals surface area contributed by atoms with Gasteiger partial charge in [0.05, 0.1) is 6.04 Å². The van der Waals surface area contributed by atoms with Crippen LogP contribution in [0.5, 0.6) is 0 Å². The molecule has 2 aliphatic heterocycles. The zero-order valence-corrected chi connectivity index (χ0v) is 9.13. The fourth-order valence-corrected chi connectivity index (χ4v) is 1.98. The minimum absolute atomic E-state index is 0.163. The molecule has 7 heteroatoms. The Morgan fingerprint density at radius 3 is 2.82 bits per heavy atom. The molecule has 92 valence electrons. The Morgan fingerprint density at radius 2 is 2.18 bits per heavy atom. The van der Waals surface area contributed by atoms with Crippen molar-refractivity contribution in [2.75, 3.05) is 6.54 Å². The van der Waals surface area contributed by atoms with E-state index >= 15 is 0 Å². The molecule has 0 saturated carbocycles. The number of nitrogens with zero attached hydrogens (tertiary/aromatic N) is 2. The van der Waals surface area contributed by atoms with Crippen molar-refractivity contribution in [3.8, 4) is 0 Å². The van der Waals surface area contributed by atoms with Crippen LogP contribution < -0.4 is 5.73 Å². The van der Waals surface area contributed by atoms with Crippen LogP contribution >= 0.6 is 0 Å². The monoisotopic (exact) mass is 239 g/mol. The van der Waals surface area contributed by atoms with Crippen LogP contribution in [0, 0.1) is 0 Å². The lowest BCUT2D eigenvalue weighted by Crippen LogP contribution is -2.54. The number of nitrogens with two attached hydrogens (primary N) is 1. The second kappa shape index (κ2) is 4.17. The van der Waals surface area contributed by atoms with Crippen LogP contribution in [-0.4, -0.2) is 45.5 Å². The van der Waals surface area contributed by atoms with Crippen molar-refractivity contribution in [2.24, 2.45) is 5.73 Å². The molecule has 2 heterocycles. The van der Waals surface area contributed by atoms with Gasteiger partial charge in [0.2, 0.25) is 5.91 Å². The molecule has 0 bridgehead atoms. The normalized spacial score (nSPS) is 25.2. The van der Waals surface area contributed by atoms with Crippen LogP contribution in [0.15, 0.2) is 11.8 Å². The highest BCUT2D eigenvalue weighted by molar-refractivity contribution is 5.97. The van der Waals surface area contributed by atoms with E-state index in [0.29, 0.717) is 13.0 Å². The van der Waals surface area contributed by atoms with Gasteiger partial charge in [-0.25, -0.2) is 14.8 Å². The quantitative estimate of drug-likeness (QED) is 0.614. The van der Waals surface area contributed by atoms with E-state index in [-0.39, 0.29) is 24.4 Å². The van der Waals surface area contributed by atoms with E-state index in [0.717, 1.165) is 5.01 Å². The smallest absolute Gasteiger partial charge is 0.354 e. The lowest BCUT2D eigenvalue weighted by Gasteiger charge is -2.36. The largest absolute Gasteiger partial charge is 0.477 e. The van der Waals surface area contributed by atoms with Gasteiger partial charge in [-0.15, -0.1) is 0 Å². The molecule has 0 aromatic heterocycles. The summed E-state index contributed by atoms with van der Waals surface area (Å²) in [7, 11) is 0. The Kier molecular flexibility index (Phi) is 2.84. The maximum atomic E-state index is 11.9. The Balaban J connectivity index is 2.42. The second-order valence-corrected chi connectivity index (χ2v) is 4.00. The van der Waals surface area contributed by atoms with Gasteiger partial charge in [0.25, 0.3) is 5.91 Å². The van der Waals surface area contributed by atoms with Crippen molar-refractivity contribution in [3.05, 3.63) is 11.8 Å². The van der Waals surface area contributed by atoms with Gasteiger partial charge >= 0.3 is 5.97 Å². The Bertz CT molecular complexity index is 418. The summed E-state index contributed by atoms with van der Waals surface area (Å²) in [6, 6.07) is -0.829. The molecule has 2 amide bonds. The van der Waals surface area contributed by atoms with Gasteiger partial charge in [0, 0.05) is 13.0 Å². The highest BCUT2D eigenvalue weighted by Gasteiger charge is 2.39. The zero-order chi connectivity index (χ0) is 12.6. The molecule has 1 fully saturated rings. The van der Waals surface area contributed by atoms with Crippen LogP contribution in [-0.2, 0) is 14.4 Å². The molecule has 1 saturated heterocycles. The number of hydrazine groups is 1. The van der Waals surface area contributed by atoms with Gasteiger partial charge in [-0.05, 0) is 18.9 Å².